The number of hydrogen-bond acceptors (Lipinski definition) is 3. The van der Waals surface area contributed by atoms with Gasteiger partial charge in [0.15, 0.2) is 0 Å². The quantitative estimate of drug-likeness (QED) is 0.807. The van der Waals surface area contributed by atoms with Crippen LogP contribution in [0.5, 0.6) is 0 Å². The molecular weight excluding hydrogens is 335 g/mol. The van der Waals surface area contributed by atoms with Gasteiger partial charge in [0.25, 0.3) is 5.91 Å². The Morgan fingerprint density at radius 1 is 1.50 bits per heavy atom. The summed E-state index contributed by atoms with van der Waals surface area (Å²) >= 11 is 3.67. The molecule has 2 aromatic heterocycles. The maximum absolute atomic E-state index is 11.7. The van der Waals surface area contributed by atoms with Gasteiger partial charge in [-0.25, -0.2) is 4.98 Å². The maximum Gasteiger partial charge on any atom is 0.262 e. The first kappa shape index (κ1) is 11.8. The lowest BCUT2D eigenvalue weighted by atomic mass is 10.2. The second-order valence-electron chi connectivity index (χ2n) is 3.58. The number of hydrogen-bond donors (Lipinski definition) is 1. The Hall–Kier alpha value is -0.690. The highest BCUT2D eigenvalue weighted by molar-refractivity contribution is 14.1. The summed E-state index contributed by atoms with van der Waals surface area (Å²) in [6.45, 7) is 4.03. The van der Waals surface area contributed by atoms with Gasteiger partial charge in [0.1, 0.15) is 9.71 Å². The Kier molecular flexibility index (Phi) is 3.16. The van der Waals surface area contributed by atoms with Crippen molar-refractivity contribution >= 4 is 50.1 Å². The van der Waals surface area contributed by atoms with E-state index < -0.39 is 0 Å². The van der Waals surface area contributed by atoms with Crippen molar-refractivity contribution in [3.05, 3.63) is 25.8 Å². The molecule has 2 heterocycles. The summed E-state index contributed by atoms with van der Waals surface area (Å²) in [7, 11) is 1.65. The molecule has 16 heavy (non-hydrogen) atoms. The van der Waals surface area contributed by atoms with Crippen LogP contribution in [0.25, 0.3) is 10.2 Å². The van der Waals surface area contributed by atoms with Crippen molar-refractivity contribution in [2.75, 3.05) is 7.05 Å². The van der Waals surface area contributed by atoms with Crippen LogP contribution >= 0.6 is 33.9 Å². The summed E-state index contributed by atoms with van der Waals surface area (Å²) in [5.74, 6) is -0.0375. The molecule has 0 unspecified atom stereocenters. The Labute approximate surface area is 111 Å². The molecule has 0 aromatic carbocycles. The van der Waals surface area contributed by atoms with Gasteiger partial charge < -0.3 is 5.32 Å². The van der Waals surface area contributed by atoms with Crippen LogP contribution in [0.1, 0.15) is 20.9 Å². The number of aryl methyl sites for hydroxylation is 2. The molecule has 0 bridgehead atoms. The highest BCUT2D eigenvalue weighted by atomic mass is 127. The zero-order valence-corrected chi connectivity index (χ0v) is 12.2. The lowest BCUT2D eigenvalue weighted by molar-refractivity contribution is 0.0966. The largest absolute Gasteiger partial charge is 0.354 e. The summed E-state index contributed by atoms with van der Waals surface area (Å²) in [6.07, 6.45) is 0. The van der Waals surface area contributed by atoms with Gasteiger partial charge in [0, 0.05) is 21.7 Å². The lowest BCUT2D eigenvalue weighted by Crippen LogP contribution is -2.17. The van der Waals surface area contributed by atoms with Crippen LogP contribution in [0.2, 0.25) is 0 Å². The van der Waals surface area contributed by atoms with E-state index >= 15 is 0 Å². The van der Waals surface area contributed by atoms with Gasteiger partial charge in [0.2, 0.25) is 0 Å². The second kappa shape index (κ2) is 4.29. The van der Waals surface area contributed by atoms with Gasteiger partial charge in [-0.05, 0) is 48.1 Å². The number of thiophene rings is 1. The molecule has 0 saturated carbocycles. The van der Waals surface area contributed by atoms with Crippen molar-refractivity contribution < 1.29 is 4.79 Å². The van der Waals surface area contributed by atoms with E-state index in [1.807, 2.05) is 13.0 Å². The SMILES string of the molecule is CNC(=O)c1sc2nc(C)cc(C)c2c1I. The molecule has 0 aliphatic rings. The molecule has 84 valence electrons. The van der Waals surface area contributed by atoms with E-state index in [9.17, 15) is 4.79 Å². The average molecular weight is 346 g/mol. The number of halogens is 1. The zero-order valence-electron chi connectivity index (χ0n) is 9.22. The van der Waals surface area contributed by atoms with Crippen molar-refractivity contribution in [1.29, 1.82) is 0 Å². The molecule has 0 atom stereocenters. The third-order valence-corrected chi connectivity index (χ3v) is 4.89. The first-order valence-corrected chi connectivity index (χ1v) is 6.72. The number of fused-ring (bicyclic) bond motifs is 1. The number of nitrogens with zero attached hydrogens (tertiary/aromatic N) is 1. The van der Waals surface area contributed by atoms with Crippen molar-refractivity contribution in [1.82, 2.24) is 10.3 Å². The predicted octanol–water partition coefficient (Wildman–Crippen LogP) is 2.88. The summed E-state index contributed by atoms with van der Waals surface area (Å²) in [5.41, 5.74) is 2.17. The van der Waals surface area contributed by atoms with Crippen LogP contribution in [-0.2, 0) is 0 Å². The smallest absolute Gasteiger partial charge is 0.262 e. The van der Waals surface area contributed by atoms with E-state index in [-0.39, 0.29) is 5.91 Å². The van der Waals surface area contributed by atoms with Crippen molar-refractivity contribution in [2.24, 2.45) is 0 Å². The molecule has 5 heteroatoms. The molecule has 0 aliphatic heterocycles. The van der Waals surface area contributed by atoms with Gasteiger partial charge in [-0.2, -0.15) is 0 Å². The number of amides is 1. The van der Waals surface area contributed by atoms with Gasteiger partial charge in [0.05, 0.1) is 0 Å². The van der Waals surface area contributed by atoms with Crippen LogP contribution in [0.3, 0.4) is 0 Å². The summed E-state index contributed by atoms with van der Waals surface area (Å²) in [4.78, 5) is 17.8. The van der Waals surface area contributed by atoms with Crippen molar-refractivity contribution in [3.63, 3.8) is 0 Å². The predicted molar refractivity (Wildman–Crippen MR) is 75.2 cm³/mol. The molecule has 3 nitrogen and oxygen atoms in total. The lowest BCUT2D eigenvalue weighted by Gasteiger charge is -1.99. The van der Waals surface area contributed by atoms with Crippen molar-refractivity contribution in [3.8, 4) is 0 Å². The average Bonchev–Trinajstić information content (AvgIpc) is 2.54. The molecule has 0 spiro atoms. The minimum Gasteiger partial charge on any atom is -0.354 e. The van der Waals surface area contributed by atoms with Gasteiger partial charge in [-0.3, -0.25) is 4.79 Å². The number of pyridine rings is 1. The summed E-state index contributed by atoms with van der Waals surface area (Å²) in [5, 5.41) is 3.76. The minimum atomic E-state index is -0.0375. The second-order valence-corrected chi connectivity index (χ2v) is 5.66. The maximum atomic E-state index is 11.7. The molecule has 0 saturated heterocycles. The molecule has 1 N–H and O–H groups in total. The van der Waals surface area contributed by atoms with E-state index in [2.05, 4.69) is 39.8 Å². The summed E-state index contributed by atoms with van der Waals surface area (Å²) in [6, 6.07) is 2.05. The van der Waals surface area contributed by atoms with Crippen LogP contribution in [0.4, 0.5) is 0 Å². The number of nitrogens with one attached hydrogen (secondary N) is 1. The van der Waals surface area contributed by atoms with Gasteiger partial charge in [-0.15, -0.1) is 11.3 Å². The van der Waals surface area contributed by atoms with E-state index in [1.165, 1.54) is 16.9 Å². The van der Waals surface area contributed by atoms with Crippen molar-refractivity contribution in [2.45, 2.75) is 13.8 Å². The third-order valence-electron chi connectivity index (χ3n) is 2.36. The fourth-order valence-electron chi connectivity index (χ4n) is 1.66. The van der Waals surface area contributed by atoms with E-state index in [4.69, 9.17) is 0 Å². The van der Waals surface area contributed by atoms with E-state index in [0.717, 1.165) is 24.4 Å². The monoisotopic (exact) mass is 346 g/mol. The Balaban J connectivity index is 2.78. The van der Waals surface area contributed by atoms with E-state index in [1.54, 1.807) is 7.05 Å². The Bertz CT molecular complexity index is 577. The van der Waals surface area contributed by atoms with Gasteiger partial charge in [-0.1, -0.05) is 0 Å². The van der Waals surface area contributed by atoms with Crippen LogP contribution in [0.15, 0.2) is 6.07 Å². The van der Waals surface area contributed by atoms with Crippen LogP contribution in [0, 0.1) is 17.4 Å². The Morgan fingerprint density at radius 2 is 2.19 bits per heavy atom. The van der Waals surface area contributed by atoms with Crippen LogP contribution in [-0.4, -0.2) is 17.9 Å². The fraction of sp³-hybridized carbons (Fsp3) is 0.273. The number of aromatic nitrogens is 1. The number of carbonyl (C=O) groups excluding carboxylic acids is 1. The zero-order chi connectivity index (χ0) is 11.9. The van der Waals surface area contributed by atoms with E-state index in [0.29, 0.717) is 0 Å². The molecule has 0 aliphatic carbocycles. The number of rotatable bonds is 1. The standard InChI is InChI=1S/C11H11IN2OS/c1-5-4-6(2)14-11-7(5)8(12)9(16-11)10(15)13-3/h4H,1-3H3,(H,13,15). The first-order valence-electron chi connectivity index (χ1n) is 4.83. The molecule has 2 aromatic rings. The minimum absolute atomic E-state index is 0.0375. The topological polar surface area (TPSA) is 42.0 Å². The summed E-state index contributed by atoms with van der Waals surface area (Å²) < 4.78 is 1.00. The van der Waals surface area contributed by atoms with Crippen LogP contribution < -0.4 is 5.32 Å². The number of carbonyl (C=O) groups is 1. The Morgan fingerprint density at radius 3 is 2.81 bits per heavy atom. The molecule has 0 fully saturated rings. The fourth-order valence-corrected chi connectivity index (χ4v) is 4.23. The third kappa shape index (κ3) is 1.82. The van der Waals surface area contributed by atoms with Gasteiger partial charge >= 0.3 is 0 Å². The normalized spacial score (nSPS) is 10.8. The molecule has 0 radical (unpaired) electrons. The first-order chi connectivity index (χ1) is 7.54. The highest BCUT2D eigenvalue weighted by Crippen LogP contribution is 2.33. The highest BCUT2D eigenvalue weighted by Gasteiger charge is 2.17. The molecule has 1 amide bonds. The molecule has 2 rings (SSSR count). The molecular formula is C11H11IN2OS.